The van der Waals surface area contributed by atoms with Gasteiger partial charge >= 0.3 is 5.97 Å². The Balaban J connectivity index is 1.62. The predicted molar refractivity (Wildman–Crippen MR) is 80.4 cm³/mol. The highest BCUT2D eigenvalue weighted by Gasteiger charge is 2.40. The van der Waals surface area contributed by atoms with Gasteiger partial charge in [0.2, 0.25) is 5.91 Å². The van der Waals surface area contributed by atoms with Crippen molar-refractivity contribution in [3.8, 4) is 0 Å². The smallest absolute Gasteiger partial charge is 0.308 e. The molecule has 2 aliphatic rings. The molecule has 5 heteroatoms. The van der Waals surface area contributed by atoms with Crippen LogP contribution in [0.3, 0.4) is 0 Å². The Morgan fingerprint density at radius 1 is 1.18 bits per heavy atom. The van der Waals surface area contributed by atoms with Crippen molar-refractivity contribution in [3.63, 3.8) is 0 Å². The Morgan fingerprint density at radius 2 is 1.91 bits per heavy atom. The quantitative estimate of drug-likeness (QED) is 0.869. The standard InChI is InChI=1S/C17H21NO4/c19-16(11-22-10-12-6-7-12)18-8-14(15(9-18)17(20)21)13-4-2-1-3-5-13/h1-5,12,14-15H,6-11H2,(H,20,21)/t14-,15-/m1/s1. The zero-order chi connectivity index (χ0) is 15.5. The van der Waals surface area contributed by atoms with E-state index in [0.717, 1.165) is 5.56 Å². The molecular weight excluding hydrogens is 282 g/mol. The average Bonchev–Trinajstić information content (AvgIpc) is 3.23. The minimum Gasteiger partial charge on any atom is -0.481 e. The molecule has 1 amide bonds. The van der Waals surface area contributed by atoms with Crippen LogP contribution in [0.4, 0.5) is 0 Å². The Bertz CT molecular complexity index is 541. The fourth-order valence-electron chi connectivity index (χ4n) is 2.98. The Labute approximate surface area is 129 Å². The fourth-order valence-corrected chi connectivity index (χ4v) is 2.98. The molecule has 0 spiro atoms. The molecule has 1 N–H and O–H groups in total. The van der Waals surface area contributed by atoms with Gasteiger partial charge in [0.15, 0.2) is 0 Å². The second-order valence-corrected chi connectivity index (χ2v) is 6.22. The number of rotatable bonds is 6. The van der Waals surface area contributed by atoms with Crippen LogP contribution in [0.25, 0.3) is 0 Å². The summed E-state index contributed by atoms with van der Waals surface area (Å²) in [4.78, 5) is 25.3. The summed E-state index contributed by atoms with van der Waals surface area (Å²) in [6, 6.07) is 9.56. The van der Waals surface area contributed by atoms with E-state index >= 15 is 0 Å². The number of carbonyl (C=O) groups excluding carboxylic acids is 1. The van der Waals surface area contributed by atoms with Crippen molar-refractivity contribution in [2.45, 2.75) is 18.8 Å². The minimum absolute atomic E-state index is 0.0599. The number of nitrogens with zero attached hydrogens (tertiary/aromatic N) is 1. The van der Waals surface area contributed by atoms with Gasteiger partial charge in [0.25, 0.3) is 0 Å². The third-order valence-electron chi connectivity index (χ3n) is 4.49. The van der Waals surface area contributed by atoms with Crippen molar-refractivity contribution in [2.24, 2.45) is 11.8 Å². The maximum absolute atomic E-state index is 12.2. The molecule has 22 heavy (non-hydrogen) atoms. The van der Waals surface area contributed by atoms with E-state index in [0.29, 0.717) is 19.1 Å². The largest absolute Gasteiger partial charge is 0.481 e. The zero-order valence-corrected chi connectivity index (χ0v) is 12.5. The lowest BCUT2D eigenvalue weighted by molar-refractivity contribution is -0.142. The van der Waals surface area contributed by atoms with Crippen molar-refractivity contribution in [1.29, 1.82) is 0 Å². The lowest BCUT2D eigenvalue weighted by Crippen LogP contribution is -2.33. The predicted octanol–water partition coefficient (Wildman–Crippen LogP) is 1.74. The second-order valence-electron chi connectivity index (χ2n) is 6.22. The zero-order valence-electron chi connectivity index (χ0n) is 12.5. The van der Waals surface area contributed by atoms with Crippen LogP contribution in [0.1, 0.15) is 24.3 Å². The van der Waals surface area contributed by atoms with Crippen molar-refractivity contribution in [3.05, 3.63) is 35.9 Å². The van der Waals surface area contributed by atoms with Gasteiger partial charge in [-0.25, -0.2) is 0 Å². The van der Waals surface area contributed by atoms with Crippen LogP contribution in [0.15, 0.2) is 30.3 Å². The molecule has 0 bridgehead atoms. The van der Waals surface area contributed by atoms with E-state index in [2.05, 4.69) is 0 Å². The number of benzene rings is 1. The third kappa shape index (κ3) is 3.47. The number of aliphatic carboxylic acids is 1. The van der Waals surface area contributed by atoms with Gasteiger partial charge in [-0.2, -0.15) is 0 Å². The summed E-state index contributed by atoms with van der Waals surface area (Å²) >= 11 is 0. The van der Waals surface area contributed by atoms with Crippen LogP contribution in [-0.4, -0.2) is 48.2 Å². The van der Waals surface area contributed by atoms with Gasteiger partial charge in [-0.1, -0.05) is 30.3 Å². The van der Waals surface area contributed by atoms with Crippen molar-refractivity contribution in [1.82, 2.24) is 4.90 Å². The van der Waals surface area contributed by atoms with E-state index in [1.165, 1.54) is 12.8 Å². The first-order valence-corrected chi connectivity index (χ1v) is 7.78. The maximum Gasteiger partial charge on any atom is 0.308 e. The van der Waals surface area contributed by atoms with E-state index in [9.17, 15) is 14.7 Å². The Kier molecular flexibility index (Phi) is 4.43. The number of likely N-dealkylation sites (tertiary alicyclic amines) is 1. The molecule has 1 aliphatic heterocycles. The SMILES string of the molecule is O=C(O)[C@@H]1CN(C(=O)COCC2CC2)C[C@@H]1c1ccccc1. The lowest BCUT2D eigenvalue weighted by Gasteiger charge is -2.16. The van der Waals surface area contributed by atoms with Crippen LogP contribution in [0.2, 0.25) is 0 Å². The van der Waals surface area contributed by atoms with Crippen molar-refractivity contribution >= 4 is 11.9 Å². The first kappa shape index (κ1) is 15.0. The van der Waals surface area contributed by atoms with E-state index in [1.54, 1.807) is 4.90 Å². The van der Waals surface area contributed by atoms with Gasteiger partial charge in [0, 0.05) is 19.0 Å². The number of hydrogen-bond acceptors (Lipinski definition) is 3. The summed E-state index contributed by atoms with van der Waals surface area (Å²) in [7, 11) is 0. The van der Waals surface area contributed by atoms with Gasteiger partial charge < -0.3 is 14.7 Å². The average molecular weight is 303 g/mol. The molecule has 1 saturated heterocycles. The molecule has 2 fully saturated rings. The number of carboxylic acid groups (broad SMARTS) is 1. The molecule has 2 atom stereocenters. The lowest BCUT2D eigenvalue weighted by atomic mass is 9.89. The fraction of sp³-hybridized carbons (Fsp3) is 0.529. The van der Waals surface area contributed by atoms with Gasteiger partial charge in [-0.15, -0.1) is 0 Å². The van der Waals surface area contributed by atoms with Crippen LogP contribution in [0.5, 0.6) is 0 Å². The van der Waals surface area contributed by atoms with Gasteiger partial charge in [0.1, 0.15) is 6.61 Å². The summed E-state index contributed by atoms with van der Waals surface area (Å²) in [6.45, 7) is 1.42. The summed E-state index contributed by atoms with van der Waals surface area (Å²) in [6.07, 6.45) is 2.38. The molecule has 1 saturated carbocycles. The van der Waals surface area contributed by atoms with Gasteiger partial charge in [0.05, 0.1) is 12.5 Å². The number of ether oxygens (including phenoxy) is 1. The topological polar surface area (TPSA) is 66.8 Å². The number of hydrogen-bond donors (Lipinski definition) is 1. The number of carbonyl (C=O) groups is 2. The molecule has 118 valence electrons. The maximum atomic E-state index is 12.2. The summed E-state index contributed by atoms with van der Waals surface area (Å²) in [5.41, 5.74) is 0.976. The Morgan fingerprint density at radius 3 is 2.55 bits per heavy atom. The highest BCUT2D eigenvalue weighted by molar-refractivity contribution is 5.80. The van der Waals surface area contributed by atoms with E-state index in [-0.39, 0.29) is 25.0 Å². The summed E-state index contributed by atoms with van der Waals surface area (Å²) in [5.74, 6) is -1.02. The number of carboxylic acids is 1. The van der Waals surface area contributed by atoms with Gasteiger partial charge in [-0.05, 0) is 24.3 Å². The highest BCUT2D eigenvalue weighted by Crippen LogP contribution is 2.33. The van der Waals surface area contributed by atoms with Crippen LogP contribution in [0, 0.1) is 11.8 Å². The minimum atomic E-state index is -0.844. The molecule has 1 aliphatic carbocycles. The van der Waals surface area contributed by atoms with Crippen molar-refractivity contribution in [2.75, 3.05) is 26.3 Å². The molecular formula is C17H21NO4. The first-order chi connectivity index (χ1) is 10.6. The van der Waals surface area contributed by atoms with Crippen LogP contribution < -0.4 is 0 Å². The molecule has 1 heterocycles. The van der Waals surface area contributed by atoms with Crippen LogP contribution >= 0.6 is 0 Å². The molecule has 3 rings (SSSR count). The molecule has 1 aromatic rings. The molecule has 0 unspecified atom stereocenters. The highest BCUT2D eigenvalue weighted by atomic mass is 16.5. The summed E-state index contributed by atoms with van der Waals surface area (Å²) in [5, 5.41) is 9.43. The van der Waals surface area contributed by atoms with Crippen molar-refractivity contribution < 1.29 is 19.4 Å². The van der Waals surface area contributed by atoms with Gasteiger partial charge in [-0.3, -0.25) is 9.59 Å². The third-order valence-corrected chi connectivity index (χ3v) is 4.49. The molecule has 0 radical (unpaired) electrons. The Hall–Kier alpha value is -1.88. The number of amides is 1. The second kappa shape index (κ2) is 6.48. The molecule has 1 aromatic carbocycles. The van der Waals surface area contributed by atoms with E-state index in [4.69, 9.17) is 4.74 Å². The monoisotopic (exact) mass is 303 g/mol. The summed E-state index contributed by atoms with van der Waals surface area (Å²) < 4.78 is 5.43. The van der Waals surface area contributed by atoms with E-state index in [1.807, 2.05) is 30.3 Å². The molecule has 0 aromatic heterocycles. The van der Waals surface area contributed by atoms with Crippen LogP contribution in [-0.2, 0) is 14.3 Å². The first-order valence-electron chi connectivity index (χ1n) is 7.78. The normalized spacial score (nSPS) is 24.5. The van der Waals surface area contributed by atoms with E-state index < -0.39 is 11.9 Å². The molecule has 5 nitrogen and oxygen atoms in total.